The lowest BCUT2D eigenvalue weighted by Crippen LogP contribution is -2.47. The first-order chi connectivity index (χ1) is 18.8. The van der Waals surface area contributed by atoms with Crippen molar-refractivity contribution in [3.05, 3.63) is 53.1 Å². The monoisotopic (exact) mass is 571 g/mol. The van der Waals surface area contributed by atoms with Gasteiger partial charge in [0.15, 0.2) is 0 Å². The smallest absolute Gasteiger partial charge is 0.457 e. The number of esters is 1. The zero-order chi connectivity index (χ0) is 29.6. The Balaban J connectivity index is 1.97. The molecule has 1 aromatic heterocycles. The van der Waals surface area contributed by atoms with Crippen molar-refractivity contribution in [2.45, 2.75) is 91.5 Å². The average molecular weight is 572 g/mol. The molecule has 1 aliphatic heterocycles. The maximum absolute atomic E-state index is 13.8. The molecular weight excluding hydrogens is 530 g/mol. The van der Waals surface area contributed by atoms with Crippen LogP contribution in [0.4, 0.5) is 4.79 Å². The third-order valence-electron chi connectivity index (χ3n) is 7.85. The molecule has 3 rings (SSSR count). The van der Waals surface area contributed by atoms with E-state index in [0.717, 1.165) is 39.2 Å². The Bertz CT molecular complexity index is 1260. The summed E-state index contributed by atoms with van der Waals surface area (Å²) in [4.78, 5) is 43.1. The Labute approximate surface area is 240 Å². The largest absolute Gasteiger partial charge is 0.506 e. The quantitative estimate of drug-likeness (QED) is 0.299. The van der Waals surface area contributed by atoms with E-state index in [1.165, 1.54) is 0 Å². The van der Waals surface area contributed by atoms with Gasteiger partial charge in [0, 0.05) is 6.42 Å². The molecule has 2 heterocycles. The molecule has 0 amide bonds. The number of fused-ring (bicyclic) bond motifs is 1. The number of ether oxygens (including phenoxy) is 2. The third kappa shape index (κ3) is 7.79. The summed E-state index contributed by atoms with van der Waals surface area (Å²) in [5.41, 5.74) is 1.40. The zero-order valence-corrected chi connectivity index (χ0v) is 24.8. The van der Waals surface area contributed by atoms with Gasteiger partial charge < -0.3 is 19.7 Å². The van der Waals surface area contributed by atoms with Crippen molar-refractivity contribution in [3.8, 4) is 0 Å². The summed E-state index contributed by atoms with van der Waals surface area (Å²) in [6.07, 6.45) is 1.73. The molecule has 8 nitrogen and oxygen atoms in total. The molecule has 0 fully saturated rings. The van der Waals surface area contributed by atoms with E-state index in [1.807, 2.05) is 39.0 Å². The Hall–Kier alpha value is -3.04. The number of aliphatic hydroxyl groups excluding tert-OH is 1. The van der Waals surface area contributed by atoms with Crippen LogP contribution >= 0.6 is 11.3 Å². The van der Waals surface area contributed by atoms with Crippen LogP contribution in [0, 0.1) is 24.2 Å². The Kier molecular flexibility index (Phi) is 10.7. The van der Waals surface area contributed by atoms with Crippen LogP contribution in [0.25, 0.3) is 10.2 Å². The van der Waals surface area contributed by atoms with Gasteiger partial charge >= 0.3 is 12.1 Å². The van der Waals surface area contributed by atoms with Crippen LogP contribution in [-0.4, -0.2) is 45.3 Å². The van der Waals surface area contributed by atoms with E-state index in [2.05, 4.69) is 17.6 Å². The Morgan fingerprint density at radius 1 is 1.30 bits per heavy atom. The molecule has 0 saturated carbocycles. The number of nitrogens with zero attached hydrogens (tertiary/aromatic N) is 1. The molecule has 0 saturated heterocycles. The summed E-state index contributed by atoms with van der Waals surface area (Å²) in [7, 11) is 0. The van der Waals surface area contributed by atoms with E-state index in [0.29, 0.717) is 12.8 Å². The number of cyclic esters (lactones) is 1. The number of benzene rings is 1. The number of hydrogen-bond donors (Lipinski definition) is 2. The molecule has 0 radical (unpaired) electrons. The number of carbonyl (C=O) groups excluding carboxylic acids is 2. The fourth-order valence-corrected chi connectivity index (χ4v) is 6.14. The minimum absolute atomic E-state index is 0.182. The summed E-state index contributed by atoms with van der Waals surface area (Å²) >= 11 is 1.60. The molecule has 5 atom stereocenters. The van der Waals surface area contributed by atoms with Crippen molar-refractivity contribution in [3.63, 3.8) is 0 Å². The third-order valence-corrected chi connectivity index (χ3v) is 8.81. The lowest BCUT2D eigenvalue weighted by atomic mass is 9.71. The number of aryl methyl sites for hydroxylation is 1. The fourth-order valence-electron chi connectivity index (χ4n) is 5.33. The first kappa shape index (κ1) is 31.5. The highest BCUT2D eigenvalue weighted by Gasteiger charge is 2.45. The van der Waals surface area contributed by atoms with Gasteiger partial charge in [0.25, 0.3) is 0 Å². The number of rotatable bonds is 4. The lowest BCUT2D eigenvalue weighted by Gasteiger charge is -2.36. The number of aromatic nitrogens is 1. The topological polar surface area (TPSA) is 123 Å². The summed E-state index contributed by atoms with van der Waals surface area (Å²) in [5.74, 6) is -2.10. The summed E-state index contributed by atoms with van der Waals surface area (Å²) in [6.45, 7) is 12.7. The highest BCUT2D eigenvalue weighted by Crippen LogP contribution is 2.36. The summed E-state index contributed by atoms with van der Waals surface area (Å²) in [6, 6.07) is 5.85. The van der Waals surface area contributed by atoms with E-state index >= 15 is 0 Å². The van der Waals surface area contributed by atoms with E-state index in [9.17, 15) is 24.6 Å². The standard InChI is InChI=1S/C31H41NO7S/c1-7-9-22-28(39-30(36)37)19(3)11-8-10-18(2)12-14-24(21-13-15-25-23(16-21)32-20(4)40-25)38-27(34)17-26(33)31(5,6)29(22)35/h7,12-13,15-16,19,22,24,26,28,33H,1,8-11,14,17H2,2-6H3,(H,36,37)/b18-12-/t19-,22+,24-,26-,28-/m0/s1. The lowest BCUT2D eigenvalue weighted by molar-refractivity contribution is -0.156. The predicted molar refractivity (Wildman–Crippen MR) is 155 cm³/mol. The van der Waals surface area contributed by atoms with Crippen LogP contribution in [0.2, 0.25) is 0 Å². The van der Waals surface area contributed by atoms with Crippen molar-refractivity contribution < 1.29 is 34.1 Å². The van der Waals surface area contributed by atoms with Crippen molar-refractivity contribution in [2.24, 2.45) is 17.3 Å². The van der Waals surface area contributed by atoms with E-state index in [1.54, 1.807) is 31.3 Å². The molecule has 1 aliphatic rings. The molecule has 2 aromatic rings. The molecule has 0 unspecified atom stereocenters. The number of carbonyl (C=O) groups is 3. The molecule has 218 valence electrons. The molecule has 0 spiro atoms. The average Bonchev–Trinajstić information content (AvgIpc) is 3.26. The van der Waals surface area contributed by atoms with E-state index in [-0.39, 0.29) is 18.1 Å². The molecule has 2 N–H and O–H groups in total. The van der Waals surface area contributed by atoms with Crippen LogP contribution in [0.3, 0.4) is 0 Å². The zero-order valence-electron chi connectivity index (χ0n) is 24.0. The highest BCUT2D eigenvalue weighted by atomic mass is 32.1. The van der Waals surface area contributed by atoms with Crippen LogP contribution in [-0.2, 0) is 19.1 Å². The predicted octanol–water partition coefficient (Wildman–Crippen LogP) is 6.95. The number of thiazole rings is 1. The van der Waals surface area contributed by atoms with Crippen molar-refractivity contribution in [2.75, 3.05) is 0 Å². The van der Waals surface area contributed by atoms with E-state index < -0.39 is 48.2 Å². The van der Waals surface area contributed by atoms with Gasteiger partial charge in [0.05, 0.1) is 39.1 Å². The number of hydrogen-bond acceptors (Lipinski definition) is 8. The maximum atomic E-state index is 13.8. The van der Waals surface area contributed by atoms with Crippen LogP contribution < -0.4 is 0 Å². The van der Waals surface area contributed by atoms with Crippen molar-refractivity contribution >= 4 is 39.5 Å². The number of carboxylic acid groups (broad SMARTS) is 1. The fraction of sp³-hybridized carbons (Fsp3) is 0.548. The number of ketones is 1. The molecular formula is C31H41NO7S. The van der Waals surface area contributed by atoms with Gasteiger partial charge in [-0.2, -0.15) is 0 Å². The maximum Gasteiger partial charge on any atom is 0.506 e. The van der Waals surface area contributed by atoms with Crippen LogP contribution in [0.5, 0.6) is 0 Å². The van der Waals surface area contributed by atoms with Gasteiger partial charge in [-0.1, -0.05) is 44.6 Å². The van der Waals surface area contributed by atoms with E-state index in [4.69, 9.17) is 9.47 Å². The van der Waals surface area contributed by atoms with Gasteiger partial charge in [0.2, 0.25) is 0 Å². The second-order valence-electron chi connectivity index (χ2n) is 11.4. The van der Waals surface area contributed by atoms with Gasteiger partial charge in [-0.25, -0.2) is 9.78 Å². The van der Waals surface area contributed by atoms with Crippen molar-refractivity contribution in [1.82, 2.24) is 4.98 Å². The number of aliphatic hydroxyl groups is 1. The normalized spacial score (nSPS) is 28.4. The minimum atomic E-state index is -1.46. The van der Waals surface area contributed by atoms with Gasteiger partial charge in [0.1, 0.15) is 18.0 Å². The molecule has 40 heavy (non-hydrogen) atoms. The molecule has 0 bridgehead atoms. The SMILES string of the molecule is C=CC[C@H]1C(=O)C(C)(C)[C@@H](O)CC(=O)O[C@H](c2ccc3sc(C)nc3c2)C/C=C(/C)CCC[C@H](C)[C@@H]1OC(=O)O. The number of Topliss-reactive ketones (excluding diaryl/α,β-unsaturated/α-hetero) is 1. The van der Waals surface area contributed by atoms with Gasteiger partial charge in [-0.3, -0.25) is 9.59 Å². The molecule has 9 heteroatoms. The number of allylic oxidation sites excluding steroid dienone is 2. The van der Waals surface area contributed by atoms with Crippen LogP contribution in [0.1, 0.15) is 82.9 Å². The molecule has 0 aliphatic carbocycles. The highest BCUT2D eigenvalue weighted by molar-refractivity contribution is 7.18. The Morgan fingerprint density at radius 2 is 2.02 bits per heavy atom. The van der Waals surface area contributed by atoms with Gasteiger partial charge in [-0.05, 0) is 63.1 Å². The first-order valence-electron chi connectivity index (χ1n) is 13.8. The molecule has 1 aromatic carbocycles. The van der Waals surface area contributed by atoms with Gasteiger partial charge in [-0.15, -0.1) is 17.9 Å². The van der Waals surface area contributed by atoms with Crippen LogP contribution in [0.15, 0.2) is 42.5 Å². The van der Waals surface area contributed by atoms with Crippen molar-refractivity contribution in [1.29, 1.82) is 0 Å². The second kappa shape index (κ2) is 13.5. The summed E-state index contributed by atoms with van der Waals surface area (Å²) in [5, 5.41) is 21.5. The summed E-state index contributed by atoms with van der Waals surface area (Å²) < 4.78 is 12.2. The second-order valence-corrected chi connectivity index (χ2v) is 12.6. The first-order valence-corrected chi connectivity index (χ1v) is 14.6. The Morgan fingerprint density at radius 3 is 2.70 bits per heavy atom. The minimum Gasteiger partial charge on any atom is -0.457 e.